The van der Waals surface area contributed by atoms with Crippen molar-refractivity contribution >= 4 is 5.91 Å². The molecule has 0 saturated heterocycles. The van der Waals surface area contributed by atoms with Gasteiger partial charge in [0.15, 0.2) is 0 Å². The van der Waals surface area contributed by atoms with Crippen molar-refractivity contribution in [2.75, 3.05) is 6.61 Å². The first kappa shape index (κ1) is 56.4. The fourth-order valence-corrected chi connectivity index (χ4v) is 8.61. The maximum absolute atomic E-state index is 12.5. The second-order valence-corrected chi connectivity index (χ2v) is 18.5. The molecule has 0 aromatic heterocycles. The van der Waals surface area contributed by atoms with Crippen LogP contribution in [0.3, 0.4) is 0 Å². The molecule has 3 atom stereocenters. The van der Waals surface area contributed by atoms with Crippen LogP contribution < -0.4 is 5.32 Å². The zero-order valence-electron chi connectivity index (χ0n) is 39.0. The Labute approximate surface area is 357 Å². The maximum Gasteiger partial charge on any atom is 0.249 e. The van der Waals surface area contributed by atoms with Crippen LogP contribution in [0.25, 0.3) is 0 Å². The van der Waals surface area contributed by atoms with Crippen molar-refractivity contribution in [1.82, 2.24) is 5.32 Å². The highest BCUT2D eigenvalue weighted by molar-refractivity contribution is 5.80. The summed E-state index contributed by atoms with van der Waals surface area (Å²) in [5, 5.41) is 33.5. The Morgan fingerprint density at radius 3 is 0.789 bits per heavy atom. The Hall–Kier alpha value is -0.650. The van der Waals surface area contributed by atoms with E-state index in [1.165, 1.54) is 244 Å². The van der Waals surface area contributed by atoms with E-state index >= 15 is 0 Å². The highest BCUT2D eigenvalue weighted by Gasteiger charge is 2.23. The molecule has 5 heteroatoms. The molecule has 0 radical (unpaired) electrons. The number of carbonyl (C=O) groups excluding carboxylic acids is 1. The lowest BCUT2D eigenvalue weighted by atomic mass is 10.0. The van der Waals surface area contributed by atoms with E-state index in [2.05, 4.69) is 19.2 Å². The second-order valence-electron chi connectivity index (χ2n) is 18.5. The van der Waals surface area contributed by atoms with Crippen molar-refractivity contribution in [1.29, 1.82) is 0 Å². The van der Waals surface area contributed by atoms with E-state index < -0.39 is 24.2 Å². The zero-order valence-corrected chi connectivity index (χ0v) is 39.0. The van der Waals surface area contributed by atoms with Gasteiger partial charge in [-0.25, -0.2) is 0 Å². The summed E-state index contributed by atoms with van der Waals surface area (Å²) >= 11 is 0. The first-order valence-corrected chi connectivity index (χ1v) is 26.3. The number of nitrogens with one attached hydrogen (secondary N) is 1. The summed E-state index contributed by atoms with van der Waals surface area (Å²) in [6, 6.07) is -0.707. The molecular formula is C52H105NO4. The van der Waals surface area contributed by atoms with Crippen LogP contribution >= 0.6 is 0 Å². The predicted octanol–water partition coefficient (Wildman–Crippen LogP) is 15.8. The van der Waals surface area contributed by atoms with Crippen molar-refractivity contribution < 1.29 is 20.1 Å². The van der Waals surface area contributed by atoms with Gasteiger partial charge in [-0.05, 0) is 12.8 Å². The van der Waals surface area contributed by atoms with E-state index in [0.717, 1.165) is 32.1 Å². The maximum atomic E-state index is 12.5. The standard InChI is InChI=1S/C52H105NO4/c1-3-5-7-9-11-13-15-17-19-21-23-25-26-27-29-31-33-35-37-39-41-43-45-47-51(56)52(57)53-49(48-54)50(55)46-44-42-40-38-36-34-32-30-28-24-22-20-18-16-14-12-10-8-6-4-2/h49-51,54-56H,3-48H2,1-2H3,(H,53,57). The number of aliphatic hydroxyl groups excluding tert-OH is 3. The van der Waals surface area contributed by atoms with Crippen LogP contribution in [0.5, 0.6) is 0 Å². The van der Waals surface area contributed by atoms with Gasteiger partial charge in [0.2, 0.25) is 5.91 Å². The first-order chi connectivity index (χ1) is 28.1. The summed E-state index contributed by atoms with van der Waals surface area (Å²) < 4.78 is 0. The smallest absolute Gasteiger partial charge is 0.249 e. The van der Waals surface area contributed by atoms with E-state index in [4.69, 9.17) is 0 Å². The molecule has 0 bridgehead atoms. The Morgan fingerprint density at radius 2 is 0.561 bits per heavy atom. The van der Waals surface area contributed by atoms with Gasteiger partial charge >= 0.3 is 0 Å². The van der Waals surface area contributed by atoms with E-state index in [-0.39, 0.29) is 6.61 Å². The Bertz CT molecular complexity index is 762. The summed E-state index contributed by atoms with van der Waals surface area (Å²) in [6.07, 6.45) is 57.0. The number of carbonyl (C=O) groups is 1. The molecule has 0 aliphatic rings. The highest BCUT2D eigenvalue weighted by atomic mass is 16.3. The molecule has 0 aliphatic carbocycles. The SMILES string of the molecule is CCCCCCCCCCCCCCCCCCCCCCCCCC(O)C(=O)NC(CO)C(O)CCCCCCCCCCCCCCCCCCCCCC. The van der Waals surface area contributed by atoms with Gasteiger partial charge in [0.1, 0.15) is 6.10 Å². The fourth-order valence-electron chi connectivity index (χ4n) is 8.61. The van der Waals surface area contributed by atoms with Crippen molar-refractivity contribution in [3.63, 3.8) is 0 Å². The summed E-state index contributed by atoms with van der Waals surface area (Å²) in [7, 11) is 0. The van der Waals surface area contributed by atoms with E-state index in [1.807, 2.05) is 0 Å². The van der Waals surface area contributed by atoms with Gasteiger partial charge in [-0.1, -0.05) is 290 Å². The monoisotopic (exact) mass is 808 g/mol. The van der Waals surface area contributed by atoms with Crippen LogP contribution in [0.4, 0.5) is 0 Å². The summed E-state index contributed by atoms with van der Waals surface area (Å²) in [6.45, 7) is 4.27. The second kappa shape index (κ2) is 48.0. The predicted molar refractivity (Wildman–Crippen MR) is 250 cm³/mol. The van der Waals surface area contributed by atoms with Gasteiger partial charge in [-0.3, -0.25) is 4.79 Å². The van der Waals surface area contributed by atoms with Crippen molar-refractivity contribution in [3.8, 4) is 0 Å². The van der Waals surface area contributed by atoms with Crippen LogP contribution in [0, 0.1) is 0 Å². The number of amides is 1. The molecule has 5 nitrogen and oxygen atoms in total. The van der Waals surface area contributed by atoms with Gasteiger partial charge in [0.25, 0.3) is 0 Å². The summed E-state index contributed by atoms with van der Waals surface area (Å²) in [5.41, 5.74) is 0. The van der Waals surface area contributed by atoms with Gasteiger partial charge in [-0.15, -0.1) is 0 Å². The molecule has 3 unspecified atom stereocenters. The van der Waals surface area contributed by atoms with E-state index in [0.29, 0.717) is 12.8 Å². The highest BCUT2D eigenvalue weighted by Crippen LogP contribution is 2.18. The molecule has 0 aromatic carbocycles. The molecule has 0 spiro atoms. The molecule has 0 rings (SSSR count). The van der Waals surface area contributed by atoms with Crippen LogP contribution in [0.1, 0.15) is 303 Å². The minimum atomic E-state index is -1.07. The average Bonchev–Trinajstić information content (AvgIpc) is 3.22. The lowest BCUT2D eigenvalue weighted by molar-refractivity contribution is -0.131. The number of rotatable bonds is 49. The van der Waals surface area contributed by atoms with Gasteiger partial charge in [0.05, 0.1) is 18.8 Å². The fraction of sp³-hybridized carbons (Fsp3) is 0.981. The van der Waals surface area contributed by atoms with Gasteiger partial charge in [-0.2, -0.15) is 0 Å². The number of hydrogen-bond donors (Lipinski definition) is 4. The van der Waals surface area contributed by atoms with Crippen LogP contribution in [0.2, 0.25) is 0 Å². The minimum absolute atomic E-state index is 0.307. The Morgan fingerprint density at radius 1 is 0.351 bits per heavy atom. The minimum Gasteiger partial charge on any atom is -0.394 e. The molecule has 342 valence electrons. The lowest BCUT2D eigenvalue weighted by Gasteiger charge is -2.23. The van der Waals surface area contributed by atoms with E-state index in [9.17, 15) is 20.1 Å². The molecule has 57 heavy (non-hydrogen) atoms. The summed E-state index contributed by atoms with van der Waals surface area (Å²) in [5.74, 6) is -0.463. The molecular weight excluding hydrogens is 703 g/mol. The Balaban J connectivity index is 3.51. The number of aliphatic hydroxyl groups is 3. The van der Waals surface area contributed by atoms with Gasteiger partial charge in [0, 0.05) is 0 Å². The van der Waals surface area contributed by atoms with Crippen molar-refractivity contribution in [3.05, 3.63) is 0 Å². The van der Waals surface area contributed by atoms with Crippen LogP contribution in [-0.2, 0) is 4.79 Å². The largest absolute Gasteiger partial charge is 0.394 e. The normalized spacial score (nSPS) is 13.3. The average molecular weight is 808 g/mol. The number of hydrogen-bond acceptors (Lipinski definition) is 4. The zero-order chi connectivity index (χ0) is 41.5. The topological polar surface area (TPSA) is 89.8 Å². The number of unbranched alkanes of at least 4 members (excludes halogenated alkanes) is 41. The Kier molecular flexibility index (Phi) is 47.5. The molecule has 4 N–H and O–H groups in total. The quantitative estimate of drug-likeness (QED) is 0.0461. The van der Waals surface area contributed by atoms with Crippen molar-refractivity contribution in [2.45, 2.75) is 321 Å². The molecule has 0 aliphatic heterocycles. The molecule has 1 amide bonds. The molecule has 0 heterocycles. The third-order valence-corrected chi connectivity index (χ3v) is 12.7. The molecule has 0 saturated carbocycles. The third-order valence-electron chi connectivity index (χ3n) is 12.7. The molecule has 0 aromatic rings. The van der Waals surface area contributed by atoms with Crippen LogP contribution in [-0.4, -0.2) is 46.1 Å². The van der Waals surface area contributed by atoms with E-state index in [1.54, 1.807) is 0 Å². The summed E-state index contributed by atoms with van der Waals surface area (Å²) in [4.78, 5) is 12.5. The van der Waals surface area contributed by atoms with Crippen molar-refractivity contribution in [2.24, 2.45) is 0 Å². The lowest BCUT2D eigenvalue weighted by Crippen LogP contribution is -2.49. The van der Waals surface area contributed by atoms with Gasteiger partial charge < -0.3 is 20.6 Å². The third kappa shape index (κ3) is 43.3. The molecule has 0 fully saturated rings. The first-order valence-electron chi connectivity index (χ1n) is 26.3. The van der Waals surface area contributed by atoms with Crippen LogP contribution in [0.15, 0.2) is 0 Å².